The van der Waals surface area contributed by atoms with Gasteiger partial charge < -0.3 is 10.1 Å². The van der Waals surface area contributed by atoms with Gasteiger partial charge in [-0.25, -0.2) is 0 Å². The molecule has 1 aromatic rings. The van der Waals surface area contributed by atoms with E-state index in [0.29, 0.717) is 12.0 Å². The van der Waals surface area contributed by atoms with Gasteiger partial charge in [0.1, 0.15) is 0 Å². The van der Waals surface area contributed by atoms with Crippen LogP contribution in [0.2, 0.25) is 0 Å². The Morgan fingerprint density at radius 1 is 1.58 bits per heavy atom. The molecule has 108 valence electrons. The first-order valence-corrected chi connectivity index (χ1v) is 7.91. The van der Waals surface area contributed by atoms with Gasteiger partial charge >= 0.3 is 0 Å². The normalized spacial score (nSPS) is 20.9. The zero-order valence-corrected chi connectivity index (χ0v) is 13.7. The molecule has 0 amide bonds. The summed E-state index contributed by atoms with van der Waals surface area (Å²) in [4.78, 5) is 0. The van der Waals surface area contributed by atoms with Gasteiger partial charge in [0.25, 0.3) is 0 Å². The summed E-state index contributed by atoms with van der Waals surface area (Å²) in [5.41, 5.74) is 2.38. The third-order valence-corrected chi connectivity index (χ3v) is 4.97. The first-order valence-electron chi connectivity index (χ1n) is 7.12. The lowest BCUT2D eigenvalue weighted by molar-refractivity contribution is 0.181. The number of nitrogens with zero attached hydrogens (tertiary/aromatic N) is 2. The zero-order chi connectivity index (χ0) is 13.8. The van der Waals surface area contributed by atoms with Crippen LogP contribution in [0, 0.1) is 12.8 Å². The Bertz CT molecular complexity index is 413. The molecule has 1 saturated heterocycles. The van der Waals surface area contributed by atoms with E-state index in [4.69, 9.17) is 4.74 Å². The summed E-state index contributed by atoms with van der Waals surface area (Å²) in [5.74, 6) is 0.704. The Labute approximate surface area is 124 Å². The topological polar surface area (TPSA) is 39.1 Å². The third-order valence-electron chi connectivity index (χ3n) is 3.94. The van der Waals surface area contributed by atoms with Crippen molar-refractivity contribution in [2.75, 3.05) is 20.3 Å². The Morgan fingerprint density at radius 3 is 2.95 bits per heavy atom. The fourth-order valence-corrected chi connectivity index (χ4v) is 3.22. The number of aryl methyl sites for hydroxylation is 2. The van der Waals surface area contributed by atoms with Crippen LogP contribution in [0.25, 0.3) is 0 Å². The molecule has 1 aromatic heterocycles. The Kier molecular flexibility index (Phi) is 5.42. The highest BCUT2D eigenvalue weighted by atomic mass is 79.9. The van der Waals surface area contributed by atoms with Crippen LogP contribution in [0.3, 0.4) is 0 Å². The highest BCUT2D eigenvalue weighted by Gasteiger charge is 2.22. The summed E-state index contributed by atoms with van der Waals surface area (Å²) >= 11 is 3.68. The van der Waals surface area contributed by atoms with Gasteiger partial charge in [-0.05, 0) is 55.6 Å². The minimum absolute atomic E-state index is 0.490. The lowest BCUT2D eigenvalue weighted by atomic mass is 9.96. The van der Waals surface area contributed by atoms with Crippen LogP contribution in [0.5, 0.6) is 0 Å². The lowest BCUT2D eigenvalue weighted by Crippen LogP contribution is -2.31. The average molecular weight is 330 g/mol. The maximum absolute atomic E-state index is 5.47. The van der Waals surface area contributed by atoms with E-state index < -0.39 is 0 Å². The van der Waals surface area contributed by atoms with E-state index in [1.165, 1.54) is 18.5 Å². The number of nitrogens with one attached hydrogen (secondary N) is 1. The fourth-order valence-electron chi connectivity index (χ4n) is 2.77. The monoisotopic (exact) mass is 329 g/mol. The Hall–Kier alpha value is -0.390. The van der Waals surface area contributed by atoms with Crippen molar-refractivity contribution >= 4 is 15.9 Å². The van der Waals surface area contributed by atoms with Crippen LogP contribution in [-0.2, 0) is 17.7 Å². The van der Waals surface area contributed by atoms with Crippen molar-refractivity contribution in [1.29, 1.82) is 0 Å². The molecule has 0 aromatic carbocycles. The van der Waals surface area contributed by atoms with E-state index in [0.717, 1.165) is 36.3 Å². The van der Waals surface area contributed by atoms with Gasteiger partial charge in [-0.15, -0.1) is 0 Å². The van der Waals surface area contributed by atoms with Gasteiger partial charge in [0, 0.05) is 32.2 Å². The summed E-state index contributed by atoms with van der Waals surface area (Å²) in [6.45, 7) is 6.97. The number of aromatic nitrogens is 2. The molecule has 2 unspecified atom stereocenters. The van der Waals surface area contributed by atoms with Crippen molar-refractivity contribution < 1.29 is 4.74 Å². The number of ether oxygens (including phenoxy) is 1. The van der Waals surface area contributed by atoms with Crippen molar-refractivity contribution in [1.82, 2.24) is 15.1 Å². The summed E-state index contributed by atoms with van der Waals surface area (Å²) in [6, 6.07) is 0.490. The standard InChI is InChI=1S/C14H24BrN3O/c1-4-18-13(14(15)10(2)17-18)8-12(16-3)7-11-5-6-19-9-11/h11-12,16H,4-9H2,1-3H3. The van der Waals surface area contributed by atoms with Crippen molar-refractivity contribution in [2.45, 2.75) is 45.7 Å². The van der Waals surface area contributed by atoms with Gasteiger partial charge in [0.15, 0.2) is 0 Å². The summed E-state index contributed by atoms with van der Waals surface area (Å²) < 4.78 is 8.74. The fraction of sp³-hybridized carbons (Fsp3) is 0.786. The molecule has 2 heterocycles. The second kappa shape index (κ2) is 6.86. The van der Waals surface area contributed by atoms with Gasteiger partial charge in [0.2, 0.25) is 0 Å². The number of hydrogen-bond donors (Lipinski definition) is 1. The van der Waals surface area contributed by atoms with Gasteiger partial charge in [-0.3, -0.25) is 4.68 Å². The quantitative estimate of drug-likeness (QED) is 0.871. The molecule has 1 aliphatic heterocycles. The SMILES string of the molecule is CCn1nc(C)c(Br)c1CC(CC1CCOC1)NC. The molecule has 19 heavy (non-hydrogen) atoms. The van der Waals surface area contributed by atoms with Crippen LogP contribution >= 0.6 is 15.9 Å². The van der Waals surface area contributed by atoms with E-state index in [2.05, 4.69) is 44.9 Å². The molecule has 0 spiro atoms. The van der Waals surface area contributed by atoms with Crippen LogP contribution in [0.15, 0.2) is 4.47 Å². The minimum Gasteiger partial charge on any atom is -0.381 e. The lowest BCUT2D eigenvalue weighted by Gasteiger charge is -2.20. The van der Waals surface area contributed by atoms with Gasteiger partial charge in [-0.2, -0.15) is 5.10 Å². The molecule has 5 heteroatoms. The molecule has 2 rings (SSSR count). The predicted octanol–water partition coefficient (Wildman–Crippen LogP) is 2.53. The second-order valence-electron chi connectivity index (χ2n) is 5.32. The Balaban J connectivity index is 2.04. The number of rotatable bonds is 6. The summed E-state index contributed by atoms with van der Waals surface area (Å²) in [5, 5.41) is 8.01. The van der Waals surface area contributed by atoms with Crippen LogP contribution in [0.4, 0.5) is 0 Å². The van der Waals surface area contributed by atoms with E-state index in [-0.39, 0.29) is 0 Å². The van der Waals surface area contributed by atoms with Crippen molar-refractivity contribution in [3.8, 4) is 0 Å². The molecule has 0 radical (unpaired) electrons. The molecule has 1 N–H and O–H groups in total. The largest absolute Gasteiger partial charge is 0.381 e. The zero-order valence-electron chi connectivity index (χ0n) is 12.1. The minimum atomic E-state index is 0.490. The maximum atomic E-state index is 5.47. The number of hydrogen-bond acceptors (Lipinski definition) is 3. The third kappa shape index (κ3) is 3.58. The molecular weight excluding hydrogens is 306 g/mol. The summed E-state index contributed by atoms with van der Waals surface area (Å²) in [6.07, 6.45) is 3.39. The molecule has 1 aliphatic rings. The molecule has 0 saturated carbocycles. The van der Waals surface area contributed by atoms with E-state index >= 15 is 0 Å². The van der Waals surface area contributed by atoms with Crippen LogP contribution < -0.4 is 5.32 Å². The van der Waals surface area contributed by atoms with Crippen molar-refractivity contribution in [2.24, 2.45) is 5.92 Å². The van der Waals surface area contributed by atoms with E-state index in [9.17, 15) is 0 Å². The Morgan fingerprint density at radius 2 is 2.37 bits per heavy atom. The highest BCUT2D eigenvalue weighted by molar-refractivity contribution is 9.10. The van der Waals surface area contributed by atoms with Crippen molar-refractivity contribution in [3.63, 3.8) is 0 Å². The summed E-state index contributed by atoms with van der Waals surface area (Å²) in [7, 11) is 2.05. The molecule has 0 aliphatic carbocycles. The molecular formula is C14H24BrN3O. The first-order chi connectivity index (χ1) is 9.15. The number of likely N-dealkylation sites (N-methyl/N-ethyl adjacent to an activating group) is 1. The molecule has 0 bridgehead atoms. The van der Waals surface area contributed by atoms with E-state index in [1.54, 1.807) is 0 Å². The van der Waals surface area contributed by atoms with Crippen molar-refractivity contribution in [3.05, 3.63) is 15.9 Å². The van der Waals surface area contributed by atoms with Gasteiger partial charge in [0.05, 0.1) is 15.9 Å². The van der Waals surface area contributed by atoms with E-state index in [1.807, 2.05) is 7.05 Å². The average Bonchev–Trinajstić information content (AvgIpc) is 3.01. The molecule has 1 fully saturated rings. The van der Waals surface area contributed by atoms with Crippen LogP contribution in [-0.4, -0.2) is 36.1 Å². The van der Waals surface area contributed by atoms with Gasteiger partial charge in [-0.1, -0.05) is 0 Å². The smallest absolute Gasteiger partial charge is 0.0738 e. The molecule has 2 atom stereocenters. The maximum Gasteiger partial charge on any atom is 0.0738 e. The highest BCUT2D eigenvalue weighted by Crippen LogP contribution is 2.25. The first kappa shape index (κ1) is 15.0. The predicted molar refractivity (Wildman–Crippen MR) is 80.4 cm³/mol. The second-order valence-corrected chi connectivity index (χ2v) is 6.11. The number of halogens is 1. The van der Waals surface area contributed by atoms with Crippen LogP contribution in [0.1, 0.15) is 31.2 Å². The molecule has 4 nitrogen and oxygen atoms in total.